The number of carboxylic acid groups (broad SMARTS) is 1. The van der Waals surface area contributed by atoms with E-state index in [-0.39, 0.29) is 12.0 Å². The number of ether oxygens (including phenoxy) is 2. The van der Waals surface area contributed by atoms with E-state index in [2.05, 4.69) is 15.9 Å². The highest BCUT2D eigenvalue weighted by molar-refractivity contribution is 9.10. The van der Waals surface area contributed by atoms with Gasteiger partial charge in [-0.3, -0.25) is 4.79 Å². The van der Waals surface area contributed by atoms with Crippen LogP contribution in [0.3, 0.4) is 0 Å². The summed E-state index contributed by atoms with van der Waals surface area (Å²) in [5.41, 5.74) is -0.166. The number of rotatable bonds is 8. The van der Waals surface area contributed by atoms with Crippen molar-refractivity contribution >= 4 is 21.9 Å². The molecule has 4 nitrogen and oxygen atoms in total. The van der Waals surface area contributed by atoms with E-state index in [0.29, 0.717) is 17.3 Å². The average Bonchev–Trinajstić information content (AvgIpc) is 2.43. The van der Waals surface area contributed by atoms with E-state index < -0.39 is 29.8 Å². The third-order valence-corrected chi connectivity index (χ3v) is 3.61. The molecule has 0 saturated carbocycles. The Morgan fingerprint density at radius 1 is 1.29 bits per heavy atom. The van der Waals surface area contributed by atoms with Crippen LogP contribution in [0.5, 0.6) is 0 Å². The van der Waals surface area contributed by atoms with Crippen LogP contribution in [0.2, 0.25) is 0 Å². The quantitative estimate of drug-likeness (QED) is 0.563. The molecule has 0 aliphatic rings. The Balaban J connectivity index is 2.86. The first-order chi connectivity index (χ1) is 9.90. The average molecular weight is 367 g/mol. The van der Waals surface area contributed by atoms with Crippen LogP contribution in [0.15, 0.2) is 16.6 Å². The SMILES string of the molecule is COC(CCCC(C(=O)O)c1cc(Br)cc(F)c1F)OC. The number of halogens is 3. The molecule has 0 fully saturated rings. The van der Waals surface area contributed by atoms with Crippen molar-refractivity contribution in [1.82, 2.24) is 0 Å². The van der Waals surface area contributed by atoms with E-state index in [1.807, 2.05) is 0 Å². The number of hydrogen-bond donors (Lipinski definition) is 1. The van der Waals surface area contributed by atoms with Crippen LogP contribution in [0.1, 0.15) is 30.7 Å². The summed E-state index contributed by atoms with van der Waals surface area (Å²) in [7, 11) is 2.96. The molecule has 1 unspecified atom stereocenters. The molecule has 7 heteroatoms. The zero-order valence-electron chi connectivity index (χ0n) is 11.7. The zero-order chi connectivity index (χ0) is 16.0. The van der Waals surface area contributed by atoms with E-state index in [1.54, 1.807) is 0 Å². The molecular weight excluding hydrogens is 350 g/mol. The highest BCUT2D eigenvalue weighted by atomic mass is 79.9. The van der Waals surface area contributed by atoms with Gasteiger partial charge in [-0.25, -0.2) is 8.78 Å². The maximum atomic E-state index is 13.8. The van der Waals surface area contributed by atoms with E-state index in [1.165, 1.54) is 20.3 Å². The molecule has 0 spiro atoms. The fourth-order valence-electron chi connectivity index (χ4n) is 2.06. The molecule has 0 aromatic heterocycles. The molecule has 0 aliphatic carbocycles. The highest BCUT2D eigenvalue weighted by Crippen LogP contribution is 2.29. The molecule has 0 amide bonds. The van der Waals surface area contributed by atoms with E-state index in [0.717, 1.165) is 6.07 Å². The van der Waals surface area contributed by atoms with Crippen molar-refractivity contribution in [3.05, 3.63) is 33.8 Å². The van der Waals surface area contributed by atoms with Gasteiger partial charge in [-0.1, -0.05) is 15.9 Å². The first kappa shape index (κ1) is 18.0. The smallest absolute Gasteiger partial charge is 0.311 e. The Hall–Kier alpha value is -1.05. The number of methoxy groups -OCH3 is 2. The number of carbonyl (C=O) groups is 1. The molecule has 1 rings (SSSR count). The maximum Gasteiger partial charge on any atom is 0.311 e. The van der Waals surface area contributed by atoms with Crippen molar-refractivity contribution in [2.75, 3.05) is 14.2 Å². The van der Waals surface area contributed by atoms with Gasteiger partial charge >= 0.3 is 5.97 Å². The van der Waals surface area contributed by atoms with Crippen molar-refractivity contribution in [3.63, 3.8) is 0 Å². The van der Waals surface area contributed by atoms with Crippen LogP contribution in [0.4, 0.5) is 8.78 Å². The third-order valence-electron chi connectivity index (χ3n) is 3.15. The van der Waals surface area contributed by atoms with Gasteiger partial charge in [0.15, 0.2) is 17.9 Å². The first-order valence-corrected chi connectivity index (χ1v) is 7.12. The summed E-state index contributed by atoms with van der Waals surface area (Å²) in [4.78, 5) is 11.3. The number of benzene rings is 1. The molecule has 1 atom stereocenters. The first-order valence-electron chi connectivity index (χ1n) is 6.33. The van der Waals surface area contributed by atoms with Gasteiger partial charge in [0.05, 0.1) is 5.92 Å². The minimum Gasteiger partial charge on any atom is -0.481 e. The molecule has 0 radical (unpaired) electrons. The van der Waals surface area contributed by atoms with E-state index in [4.69, 9.17) is 9.47 Å². The molecule has 0 saturated heterocycles. The molecule has 0 bridgehead atoms. The van der Waals surface area contributed by atoms with Crippen LogP contribution in [0.25, 0.3) is 0 Å². The summed E-state index contributed by atoms with van der Waals surface area (Å²) in [6.45, 7) is 0. The molecule has 0 heterocycles. The summed E-state index contributed by atoms with van der Waals surface area (Å²) in [5, 5.41) is 9.25. The minimum atomic E-state index is -1.20. The predicted octanol–water partition coefficient (Wildman–Crippen LogP) is 3.68. The van der Waals surface area contributed by atoms with Gasteiger partial charge in [0, 0.05) is 24.3 Å². The fourth-order valence-corrected chi connectivity index (χ4v) is 2.51. The molecule has 0 aliphatic heterocycles. The van der Waals surface area contributed by atoms with Gasteiger partial charge in [0.1, 0.15) is 0 Å². The molecule has 1 aromatic carbocycles. The van der Waals surface area contributed by atoms with Gasteiger partial charge in [0.25, 0.3) is 0 Å². The van der Waals surface area contributed by atoms with Gasteiger partial charge in [0.2, 0.25) is 0 Å². The van der Waals surface area contributed by atoms with Crippen molar-refractivity contribution in [1.29, 1.82) is 0 Å². The standard InChI is InChI=1S/C14H17BrF2O4/c1-20-12(21-2)5-3-4-9(14(18)19)10-6-8(15)7-11(16)13(10)17/h6-7,9,12H,3-5H2,1-2H3,(H,18,19). The number of carboxylic acids is 1. The van der Waals surface area contributed by atoms with E-state index >= 15 is 0 Å². The van der Waals surface area contributed by atoms with Crippen LogP contribution >= 0.6 is 15.9 Å². The Morgan fingerprint density at radius 2 is 1.90 bits per heavy atom. The van der Waals surface area contributed by atoms with Crippen molar-refractivity contribution in [2.24, 2.45) is 0 Å². The molecule has 21 heavy (non-hydrogen) atoms. The molecule has 1 N–H and O–H groups in total. The fraction of sp³-hybridized carbons (Fsp3) is 0.500. The highest BCUT2D eigenvalue weighted by Gasteiger charge is 2.25. The maximum absolute atomic E-state index is 13.8. The largest absolute Gasteiger partial charge is 0.481 e. The molecular formula is C14H17BrF2O4. The van der Waals surface area contributed by atoms with Crippen molar-refractivity contribution < 1.29 is 28.2 Å². The lowest BCUT2D eigenvalue weighted by Gasteiger charge is -2.17. The summed E-state index contributed by atoms with van der Waals surface area (Å²) in [6.07, 6.45) is 0.625. The van der Waals surface area contributed by atoms with Crippen LogP contribution < -0.4 is 0 Å². The van der Waals surface area contributed by atoms with E-state index in [9.17, 15) is 18.7 Å². The summed E-state index contributed by atoms with van der Waals surface area (Å²) in [6, 6.07) is 2.25. The third kappa shape index (κ3) is 5.01. The Kier molecular flexibility index (Phi) is 7.21. The lowest BCUT2D eigenvalue weighted by atomic mass is 9.93. The van der Waals surface area contributed by atoms with Crippen LogP contribution in [-0.2, 0) is 14.3 Å². The Labute approximate surface area is 130 Å². The second-order valence-corrected chi connectivity index (χ2v) is 5.43. The zero-order valence-corrected chi connectivity index (χ0v) is 13.3. The molecule has 1 aromatic rings. The molecule has 118 valence electrons. The lowest BCUT2D eigenvalue weighted by Crippen LogP contribution is -2.17. The normalized spacial score (nSPS) is 12.7. The predicted molar refractivity (Wildman–Crippen MR) is 76.1 cm³/mol. The Bertz CT molecular complexity index is 492. The van der Waals surface area contributed by atoms with Gasteiger partial charge in [-0.15, -0.1) is 0 Å². The minimum absolute atomic E-state index is 0.158. The van der Waals surface area contributed by atoms with Gasteiger partial charge in [-0.2, -0.15) is 0 Å². The monoisotopic (exact) mass is 366 g/mol. The summed E-state index contributed by atoms with van der Waals surface area (Å²) >= 11 is 3.04. The second kappa shape index (κ2) is 8.41. The van der Waals surface area contributed by atoms with Crippen molar-refractivity contribution in [3.8, 4) is 0 Å². The van der Waals surface area contributed by atoms with Gasteiger partial charge in [-0.05, 0) is 31.4 Å². The number of aliphatic carboxylic acids is 1. The van der Waals surface area contributed by atoms with Crippen molar-refractivity contribution in [2.45, 2.75) is 31.5 Å². The van der Waals surface area contributed by atoms with Crippen LogP contribution in [-0.4, -0.2) is 31.6 Å². The number of hydrogen-bond acceptors (Lipinski definition) is 3. The van der Waals surface area contributed by atoms with Crippen LogP contribution in [0, 0.1) is 11.6 Å². The summed E-state index contributed by atoms with van der Waals surface area (Å²) < 4.78 is 37.5. The second-order valence-electron chi connectivity index (χ2n) is 4.51. The van der Waals surface area contributed by atoms with Gasteiger partial charge < -0.3 is 14.6 Å². The Morgan fingerprint density at radius 3 is 2.43 bits per heavy atom. The lowest BCUT2D eigenvalue weighted by molar-refractivity contribution is -0.139. The topological polar surface area (TPSA) is 55.8 Å². The summed E-state index contributed by atoms with van der Waals surface area (Å²) in [5.74, 6) is -4.51.